The molecule has 4 unspecified atom stereocenters. The minimum atomic E-state index is 0.764. The molecule has 0 saturated heterocycles. The summed E-state index contributed by atoms with van der Waals surface area (Å²) in [5, 5.41) is 0. The fourth-order valence-corrected chi connectivity index (χ4v) is 1.27. The lowest BCUT2D eigenvalue weighted by Crippen LogP contribution is -2.14. The summed E-state index contributed by atoms with van der Waals surface area (Å²) in [5.41, 5.74) is 0.764. The molecule has 4 atom stereocenters. The number of hydrogen-bond donors (Lipinski definition) is 0. The summed E-state index contributed by atoms with van der Waals surface area (Å²) in [7, 11) is 2.87. The Labute approximate surface area is 61.6 Å². The van der Waals surface area contributed by atoms with Gasteiger partial charge in [0, 0.05) is 0 Å². The van der Waals surface area contributed by atoms with E-state index in [1.807, 2.05) is 0 Å². The maximum atomic E-state index is 2.87. The van der Waals surface area contributed by atoms with Crippen LogP contribution in [0, 0.1) is 11.8 Å². The Bertz CT molecular complexity index is 69.0. The molecular formula is C8H19P. The van der Waals surface area contributed by atoms with Gasteiger partial charge in [-0.2, -0.15) is 0 Å². The highest BCUT2D eigenvalue weighted by Crippen LogP contribution is 2.22. The first-order chi connectivity index (χ1) is 4.09. The second-order valence-corrected chi connectivity index (χ2v) is 4.16. The third kappa shape index (κ3) is 3.20. The maximum Gasteiger partial charge on any atom is -0.0264 e. The smallest absolute Gasteiger partial charge is 0.0264 e. The highest BCUT2D eigenvalue weighted by atomic mass is 31.0. The van der Waals surface area contributed by atoms with E-state index in [2.05, 4.69) is 36.9 Å². The average Bonchev–Trinajstić information content (AvgIpc) is 1.84. The van der Waals surface area contributed by atoms with Gasteiger partial charge in [-0.15, -0.1) is 9.24 Å². The zero-order chi connectivity index (χ0) is 7.44. The minimum Gasteiger partial charge on any atom is -0.134 e. The highest BCUT2D eigenvalue weighted by molar-refractivity contribution is 7.17. The van der Waals surface area contributed by atoms with Gasteiger partial charge in [0.1, 0.15) is 0 Å². The van der Waals surface area contributed by atoms with Crippen molar-refractivity contribution in [1.29, 1.82) is 0 Å². The average molecular weight is 146 g/mol. The Morgan fingerprint density at radius 3 is 1.78 bits per heavy atom. The van der Waals surface area contributed by atoms with Crippen molar-refractivity contribution >= 4 is 9.24 Å². The molecule has 0 nitrogen and oxygen atoms in total. The Hall–Kier alpha value is 0.430. The van der Waals surface area contributed by atoms with E-state index < -0.39 is 0 Å². The summed E-state index contributed by atoms with van der Waals surface area (Å²) in [4.78, 5) is 0. The van der Waals surface area contributed by atoms with Crippen molar-refractivity contribution in [1.82, 2.24) is 0 Å². The van der Waals surface area contributed by atoms with Crippen molar-refractivity contribution in [2.75, 3.05) is 0 Å². The van der Waals surface area contributed by atoms with Gasteiger partial charge in [0.2, 0.25) is 0 Å². The van der Waals surface area contributed by atoms with Crippen LogP contribution in [0.15, 0.2) is 0 Å². The third-order valence-corrected chi connectivity index (χ3v) is 2.98. The van der Waals surface area contributed by atoms with Crippen LogP contribution in [-0.4, -0.2) is 5.66 Å². The van der Waals surface area contributed by atoms with Gasteiger partial charge in [-0.3, -0.25) is 0 Å². The molecule has 0 aromatic carbocycles. The molecular weight excluding hydrogens is 127 g/mol. The molecule has 0 radical (unpaired) electrons. The van der Waals surface area contributed by atoms with Crippen LogP contribution in [-0.2, 0) is 0 Å². The first-order valence-electron chi connectivity index (χ1n) is 3.85. The van der Waals surface area contributed by atoms with Gasteiger partial charge in [0.15, 0.2) is 0 Å². The van der Waals surface area contributed by atoms with E-state index in [1.54, 1.807) is 0 Å². The van der Waals surface area contributed by atoms with Crippen molar-refractivity contribution < 1.29 is 0 Å². The van der Waals surface area contributed by atoms with E-state index in [-0.39, 0.29) is 0 Å². The van der Waals surface area contributed by atoms with Gasteiger partial charge in [-0.25, -0.2) is 0 Å². The Morgan fingerprint density at radius 1 is 1.22 bits per heavy atom. The molecule has 0 aromatic heterocycles. The topological polar surface area (TPSA) is 0 Å². The van der Waals surface area contributed by atoms with Crippen LogP contribution >= 0.6 is 9.24 Å². The van der Waals surface area contributed by atoms with Crippen LogP contribution in [0.5, 0.6) is 0 Å². The largest absolute Gasteiger partial charge is 0.134 e. The molecule has 0 aromatic rings. The lowest BCUT2D eigenvalue weighted by Gasteiger charge is -2.21. The molecule has 0 aliphatic rings. The predicted molar refractivity (Wildman–Crippen MR) is 47.8 cm³/mol. The van der Waals surface area contributed by atoms with Crippen molar-refractivity contribution in [2.45, 2.75) is 39.8 Å². The third-order valence-electron chi connectivity index (χ3n) is 2.37. The van der Waals surface area contributed by atoms with Gasteiger partial charge in [0.25, 0.3) is 0 Å². The van der Waals surface area contributed by atoms with Crippen LogP contribution in [0.4, 0.5) is 0 Å². The molecule has 0 spiro atoms. The van der Waals surface area contributed by atoms with Gasteiger partial charge < -0.3 is 0 Å². The van der Waals surface area contributed by atoms with Crippen molar-refractivity contribution in [2.24, 2.45) is 11.8 Å². The van der Waals surface area contributed by atoms with Crippen LogP contribution < -0.4 is 0 Å². The second kappa shape index (κ2) is 4.28. The first-order valence-corrected chi connectivity index (χ1v) is 4.51. The SMILES string of the molecule is CCC(C)C(C)C(C)P. The van der Waals surface area contributed by atoms with Crippen LogP contribution in [0.25, 0.3) is 0 Å². The first kappa shape index (κ1) is 9.43. The monoisotopic (exact) mass is 146 g/mol. The summed E-state index contributed by atoms with van der Waals surface area (Å²) >= 11 is 0. The van der Waals surface area contributed by atoms with E-state index in [0.717, 1.165) is 17.5 Å². The Kier molecular flexibility index (Phi) is 4.48. The number of rotatable bonds is 3. The van der Waals surface area contributed by atoms with E-state index >= 15 is 0 Å². The molecule has 0 fully saturated rings. The van der Waals surface area contributed by atoms with Crippen LogP contribution in [0.1, 0.15) is 34.1 Å². The van der Waals surface area contributed by atoms with Crippen molar-refractivity contribution in [3.05, 3.63) is 0 Å². The van der Waals surface area contributed by atoms with Crippen molar-refractivity contribution in [3.8, 4) is 0 Å². The minimum absolute atomic E-state index is 0.764. The quantitative estimate of drug-likeness (QED) is 0.537. The molecule has 56 valence electrons. The standard InChI is InChI=1S/C8H19P/c1-5-6(2)7(3)8(4)9/h6-8H,5,9H2,1-4H3. The second-order valence-electron chi connectivity index (χ2n) is 3.10. The molecule has 9 heavy (non-hydrogen) atoms. The molecule has 0 N–H and O–H groups in total. The van der Waals surface area contributed by atoms with E-state index in [4.69, 9.17) is 0 Å². The Morgan fingerprint density at radius 2 is 1.67 bits per heavy atom. The zero-order valence-electron chi connectivity index (χ0n) is 7.02. The summed E-state index contributed by atoms with van der Waals surface area (Å²) < 4.78 is 0. The lowest BCUT2D eigenvalue weighted by atomic mass is 9.91. The predicted octanol–water partition coefficient (Wildman–Crippen LogP) is 2.93. The molecule has 0 saturated carbocycles. The van der Waals surface area contributed by atoms with Crippen LogP contribution in [0.2, 0.25) is 0 Å². The van der Waals surface area contributed by atoms with Gasteiger partial charge >= 0.3 is 0 Å². The van der Waals surface area contributed by atoms with Gasteiger partial charge in [-0.05, 0) is 17.5 Å². The summed E-state index contributed by atoms with van der Waals surface area (Å²) in [6.07, 6.45) is 1.31. The number of hydrogen-bond acceptors (Lipinski definition) is 0. The van der Waals surface area contributed by atoms with Crippen molar-refractivity contribution in [3.63, 3.8) is 0 Å². The molecule has 0 bridgehead atoms. The zero-order valence-corrected chi connectivity index (χ0v) is 8.17. The molecule has 1 heteroatoms. The van der Waals surface area contributed by atoms with E-state index in [9.17, 15) is 0 Å². The molecule has 0 aliphatic carbocycles. The van der Waals surface area contributed by atoms with Gasteiger partial charge in [-0.1, -0.05) is 34.1 Å². The van der Waals surface area contributed by atoms with E-state index in [1.165, 1.54) is 6.42 Å². The van der Waals surface area contributed by atoms with Crippen LogP contribution in [0.3, 0.4) is 0 Å². The summed E-state index contributed by atoms with van der Waals surface area (Å²) in [6, 6.07) is 0. The molecule has 0 heterocycles. The lowest BCUT2D eigenvalue weighted by molar-refractivity contribution is 0.375. The Balaban J connectivity index is 3.58. The normalized spacial score (nSPS) is 21.0. The fourth-order valence-electron chi connectivity index (χ4n) is 0.890. The molecule has 0 amide bonds. The molecule has 0 aliphatic heterocycles. The fraction of sp³-hybridized carbons (Fsp3) is 1.00. The summed E-state index contributed by atoms with van der Waals surface area (Å²) in [5.74, 6) is 1.72. The summed E-state index contributed by atoms with van der Waals surface area (Å²) in [6.45, 7) is 9.17. The van der Waals surface area contributed by atoms with E-state index in [0.29, 0.717) is 0 Å². The maximum absolute atomic E-state index is 2.87. The van der Waals surface area contributed by atoms with Gasteiger partial charge in [0.05, 0.1) is 0 Å². The molecule has 0 rings (SSSR count). The highest BCUT2D eigenvalue weighted by Gasteiger charge is 2.12.